The summed E-state index contributed by atoms with van der Waals surface area (Å²) >= 11 is 9.32. The molecule has 2 aromatic carbocycles. The Labute approximate surface area is 158 Å². The van der Waals surface area contributed by atoms with Crippen LogP contribution < -0.4 is 19.6 Å². The summed E-state index contributed by atoms with van der Waals surface area (Å²) in [5.41, 5.74) is 3.41. The van der Waals surface area contributed by atoms with Crippen LogP contribution in [0.15, 0.2) is 39.9 Å². The second-order valence-electron chi connectivity index (χ2n) is 4.78. The number of carbonyl (C=O) groups excluding carboxylic acids is 1. The first-order chi connectivity index (χ1) is 12.0. The number of carbonyl (C=O) groups is 1. The van der Waals surface area contributed by atoms with E-state index in [1.54, 1.807) is 30.3 Å². The van der Waals surface area contributed by atoms with Crippen LogP contribution in [-0.4, -0.2) is 33.5 Å². The van der Waals surface area contributed by atoms with E-state index >= 15 is 0 Å². The molecule has 0 spiro atoms. The molecule has 2 rings (SSSR count). The minimum absolute atomic E-state index is 0.318. The minimum Gasteiger partial charge on any atom is -0.493 e. The molecule has 0 fully saturated rings. The zero-order chi connectivity index (χ0) is 18.4. The van der Waals surface area contributed by atoms with Gasteiger partial charge in [0.25, 0.3) is 5.91 Å². The molecule has 1 N–H and O–H groups in total. The van der Waals surface area contributed by atoms with E-state index in [-0.39, 0.29) is 0 Å². The summed E-state index contributed by atoms with van der Waals surface area (Å²) in [4.78, 5) is 12.2. The molecule has 0 aliphatic rings. The van der Waals surface area contributed by atoms with Crippen molar-refractivity contribution in [3.05, 3.63) is 51.0 Å². The van der Waals surface area contributed by atoms with Gasteiger partial charge in [0, 0.05) is 10.0 Å². The predicted molar refractivity (Wildman–Crippen MR) is 100 cm³/mol. The topological polar surface area (TPSA) is 69.2 Å². The standard InChI is InChI=1S/C17H16BrClN2O4/c1-23-14-6-10(7-15(24-2)16(14)25-3)9-20-21-17(22)12-8-11(18)4-5-13(12)19/h4-9H,1-3H3,(H,21,22). The van der Waals surface area contributed by atoms with Crippen LogP contribution in [0.1, 0.15) is 15.9 Å². The third-order valence-electron chi connectivity index (χ3n) is 3.24. The second-order valence-corrected chi connectivity index (χ2v) is 6.10. The molecule has 0 unspecified atom stereocenters. The van der Waals surface area contributed by atoms with E-state index in [1.807, 2.05) is 0 Å². The molecule has 0 atom stereocenters. The van der Waals surface area contributed by atoms with Gasteiger partial charge in [-0.05, 0) is 30.3 Å². The Morgan fingerprint density at radius 2 is 1.76 bits per heavy atom. The lowest BCUT2D eigenvalue weighted by atomic mass is 10.2. The van der Waals surface area contributed by atoms with E-state index in [2.05, 4.69) is 26.5 Å². The Hall–Kier alpha value is -2.25. The lowest BCUT2D eigenvalue weighted by molar-refractivity contribution is 0.0955. The van der Waals surface area contributed by atoms with Crippen LogP contribution in [0.2, 0.25) is 5.02 Å². The van der Waals surface area contributed by atoms with E-state index in [4.69, 9.17) is 25.8 Å². The molecule has 0 aliphatic heterocycles. The van der Waals surface area contributed by atoms with Gasteiger partial charge in [-0.3, -0.25) is 4.79 Å². The first kappa shape index (κ1) is 19.1. The first-order valence-corrected chi connectivity index (χ1v) is 8.25. The van der Waals surface area contributed by atoms with Crippen molar-refractivity contribution < 1.29 is 19.0 Å². The fourth-order valence-electron chi connectivity index (χ4n) is 2.07. The molecule has 2 aromatic rings. The molecule has 8 heteroatoms. The number of nitrogens with one attached hydrogen (secondary N) is 1. The van der Waals surface area contributed by atoms with Crippen molar-refractivity contribution in [2.45, 2.75) is 0 Å². The Balaban J connectivity index is 2.19. The maximum Gasteiger partial charge on any atom is 0.272 e. The number of hydrogen-bond donors (Lipinski definition) is 1. The van der Waals surface area contributed by atoms with Gasteiger partial charge in [-0.15, -0.1) is 0 Å². The number of amides is 1. The van der Waals surface area contributed by atoms with E-state index in [9.17, 15) is 4.79 Å². The summed E-state index contributed by atoms with van der Waals surface area (Å²) in [5, 5.41) is 4.28. The molecular formula is C17H16BrClN2O4. The van der Waals surface area contributed by atoms with Crippen molar-refractivity contribution in [2.75, 3.05) is 21.3 Å². The van der Waals surface area contributed by atoms with Gasteiger partial charge < -0.3 is 14.2 Å². The predicted octanol–water partition coefficient (Wildman–Crippen LogP) is 3.89. The molecule has 6 nitrogen and oxygen atoms in total. The number of benzene rings is 2. The van der Waals surface area contributed by atoms with E-state index in [0.717, 1.165) is 4.47 Å². The van der Waals surface area contributed by atoms with E-state index in [0.29, 0.717) is 33.4 Å². The summed E-state index contributed by atoms with van der Waals surface area (Å²) in [6.07, 6.45) is 1.47. The minimum atomic E-state index is -0.421. The quantitative estimate of drug-likeness (QED) is 0.561. The average Bonchev–Trinajstić information content (AvgIpc) is 2.62. The van der Waals surface area contributed by atoms with Crippen LogP contribution >= 0.6 is 27.5 Å². The third kappa shape index (κ3) is 4.64. The highest BCUT2D eigenvalue weighted by Gasteiger charge is 2.13. The van der Waals surface area contributed by atoms with Gasteiger partial charge in [0.05, 0.1) is 38.1 Å². The highest BCUT2D eigenvalue weighted by atomic mass is 79.9. The van der Waals surface area contributed by atoms with Crippen LogP contribution in [0, 0.1) is 0 Å². The molecule has 0 aliphatic carbocycles. The number of halogens is 2. The van der Waals surface area contributed by atoms with Crippen molar-refractivity contribution in [3.8, 4) is 17.2 Å². The van der Waals surface area contributed by atoms with Crippen LogP contribution in [0.25, 0.3) is 0 Å². The van der Waals surface area contributed by atoms with Gasteiger partial charge in [-0.2, -0.15) is 5.10 Å². The maximum atomic E-state index is 12.2. The maximum absolute atomic E-state index is 12.2. The van der Waals surface area contributed by atoms with Gasteiger partial charge in [0.15, 0.2) is 11.5 Å². The molecule has 0 aromatic heterocycles. The van der Waals surface area contributed by atoms with E-state index in [1.165, 1.54) is 27.5 Å². The number of ether oxygens (including phenoxy) is 3. The zero-order valence-electron chi connectivity index (χ0n) is 13.8. The first-order valence-electron chi connectivity index (χ1n) is 7.08. The molecule has 1 amide bonds. The summed E-state index contributed by atoms with van der Waals surface area (Å²) in [6.45, 7) is 0. The van der Waals surface area contributed by atoms with Crippen molar-refractivity contribution in [1.82, 2.24) is 5.43 Å². The summed E-state index contributed by atoms with van der Waals surface area (Å²) in [5.74, 6) is 1.04. The van der Waals surface area contributed by atoms with Gasteiger partial charge in [-0.1, -0.05) is 27.5 Å². The molecule has 0 radical (unpaired) electrons. The van der Waals surface area contributed by atoms with Gasteiger partial charge in [0.1, 0.15) is 0 Å². The lowest BCUT2D eigenvalue weighted by Gasteiger charge is -2.12. The van der Waals surface area contributed by atoms with Gasteiger partial charge in [-0.25, -0.2) is 5.43 Å². The fraction of sp³-hybridized carbons (Fsp3) is 0.176. The number of hydrazone groups is 1. The Morgan fingerprint density at radius 3 is 2.32 bits per heavy atom. The van der Waals surface area contributed by atoms with Crippen molar-refractivity contribution in [2.24, 2.45) is 5.10 Å². The van der Waals surface area contributed by atoms with Crippen molar-refractivity contribution in [3.63, 3.8) is 0 Å². The molecule has 0 saturated carbocycles. The van der Waals surface area contributed by atoms with Crippen molar-refractivity contribution >= 4 is 39.7 Å². The largest absolute Gasteiger partial charge is 0.493 e. The Bertz CT molecular complexity index is 786. The fourth-order valence-corrected chi connectivity index (χ4v) is 2.64. The monoisotopic (exact) mass is 426 g/mol. The smallest absolute Gasteiger partial charge is 0.272 e. The molecule has 0 saturated heterocycles. The van der Waals surface area contributed by atoms with Crippen molar-refractivity contribution in [1.29, 1.82) is 0 Å². The summed E-state index contributed by atoms with van der Waals surface area (Å²) in [6, 6.07) is 8.42. The molecule has 0 heterocycles. The zero-order valence-corrected chi connectivity index (χ0v) is 16.1. The SMILES string of the molecule is COc1cc(C=NNC(=O)c2cc(Br)ccc2Cl)cc(OC)c1OC. The Morgan fingerprint density at radius 1 is 1.12 bits per heavy atom. The number of nitrogens with zero attached hydrogens (tertiary/aromatic N) is 1. The van der Waals surface area contributed by atoms with E-state index < -0.39 is 5.91 Å². The molecule has 25 heavy (non-hydrogen) atoms. The van der Waals surface area contributed by atoms with Gasteiger partial charge in [0.2, 0.25) is 5.75 Å². The highest BCUT2D eigenvalue weighted by molar-refractivity contribution is 9.10. The normalized spacial score (nSPS) is 10.6. The van der Waals surface area contributed by atoms with Crippen LogP contribution in [0.5, 0.6) is 17.2 Å². The van der Waals surface area contributed by atoms with Crippen LogP contribution in [-0.2, 0) is 0 Å². The number of rotatable bonds is 6. The molecule has 0 bridgehead atoms. The van der Waals surface area contributed by atoms with Gasteiger partial charge >= 0.3 is 0 Å². The number of methoxy groups -OCH3 is 3. The molecular weight excluding hydrogens is 412 g/mol. The average molecular weight is 428 g/mol. The second kappa shape index (κ2) is 8.73. The highest BCUT2D eigenvalue weighted by Crippen LogP contribution is 2.37. The third-order valence-corrected chi connectivity index (χ3v) is 4.06. The Kier molecular flexibility index (Phi) is 6.66. The van der Waals surface area contributed by atoms with Crippen LogP contribution in [0.4, 0.5) is 0 Å². The lowest BCUT2D eigenvalue weighted by Crippen LogP contribution is -2.18. The number of hydrogen-bond acceptors (Lipinski definition) is 5. The summed E-state index contributed by atoms with van der Waals surface area (Å²) < 4.78 is 16.5. The summed E-state index contributed by atoms with van der Waals surface area (Å²) in [7, 11) is 4.57. The molecule has 132 valence electrons. The van der Waals surface area contributed by atoms with Crippen LogP contribution in [0.3, 0.4) is 0 Å².